The molecule has 134 valence electrons. The Bertz CT molecular complexity index is 538. The zero-order valence-electron chi connectivity index (χ0n) is 13.7. The minimum atomic E-state index is -5.09. The zero-order valence-corrected chi connectivity index (χ0v) is 14.5. The highest BCUT2D eigenvalue weighted by molar-refractivity contribution is 7.87. The number of aliphatic carboxylic acids is 2. The molecule has 0 spiro atoms. The number of hydrogen-bond acceptors (Lipinski definition) is 4. The van der Waals surface area contributed by atoms with Gasteiger partial charge in [0.25, 0.3) is 10.1 Å². The summed E-state index contributed by atoms with van der Waals surface area (Å²) in [7, 11) is -5.09. The summed E-state index contributed by atoms with van der Waals surface area (Å²) in [4.78, 5) is 23.3. The molecule has 3 unspecified atom stereocenters. The maximum atomic E-state index is 11.8. The van der Waals surface area contributed by atoms with Gasteiger partial charge in [-0.1, -0.05) is 51.7 Å². The predicted octanol–water partition coefficient (Wildman–Crippen LogP) is 2.58. The Morgan fingerprint density at radius 2 is 1.78 bits per heavy atom. The van der Waals surface area contributed by atoms with Crippen LogP contribution in [0.3, 0.4) is 0 Å². The highest BCUT2D eigenvalue weighted by Crippen LogP contribution is 2.39. The van der Waals surface area contributed by atoms with E-state index in [-0.39, 0.29) is 12.3 Å². The number of hydrogen-bond donors (Lipinski definition) is 3. The first-order valence-electron chi connectivity index (χ1n) is 7.63. The molecule has 7 nitrogen and oxygen atoms in total. The minimum absolute atomic E-state index is 0.161. The number of carbonyl (C=O) groups is 2. The highest BCUT2D eigenvalue weighted by Gasteiger charge is 2.55. The lowest BCUT2D eigenvalue weighted by Gasteiger charge is -2.33. The van der Waals surface area contributed by atoms with E-state index in [1.54, 1.807) is 0 Å². The summed E-state index contributed by atoms with van der Waals surface area (Å²) in [6.07, 6.45) is 5.18. The fourth-order valence-corrected chi connectivity index (χ4v) is 3.93. The van der Waals surface area contributed by atoms with E-state index in [4.69, 9.17) is 0 Å². The van der Waals surface area contributed by atoms with Gasteiger partial charge in [0.2, 0.25) is 5.25 Å². The molecule has 23 heavy (non-hydrogen) atoms. The molecule has 0 aromatic rings. The van der Waals surface area contributed by atoms with Gasteiger partial charge >= 0.3 is 11.9 Å². The largest absolute Gasteiger partial charge is 0.481 e. The fourth-order valence-electron chi connectivity index (χ4n) is 2.87. The predicted molar refractivity (Wildman–Crippen MR) is 85.8 cm³/mol. The van der Waals surface area contributed by atoms with Crippen LogP contribution < -0.4 is 0 Å². The van der Waals surface area contributed by atoms with Gasteiger partial charge in [0.15, 0.2) is 0 Å². The van der Waals surface area contributed by atoms with Crippen molar-refractivity contribution in [3.8, 4) is 0 Å². The van der Waals surface area contributed by atoms with Crippen molar-refractivity contribution in [1.82, 2.24) is 0 Å². The number of carboxylic acids is 2. The third-order valence-corrected chi connectivity index (χ3v) is 5.24. The van der Waals surface area contributed by atoms with Gasteiger partial charge in [0, 0.05) is 0 Å². The first-order valence-corrected chi connectivity index (χ1v) is 9.13. The molecule has 0 radical (unpaired) electrons. The Labute approximate surface area is 137 Å². The second-order valence-corrected chi connectivity index (χ2v) is 7.20. The van der Waals surface area contributed by atoms with E-state index in [9.17, 15) is 32.8 Å². The lowest BCUT2D eigenvalue weighted by Crippen LogP contribution is -2.51. The molecule has 0 aromatic carbocycles. The summed E-state index contributed by atoms with van der Waals surface area (Å²) in [6, 6.07) is 0. The van der Waals surface area contributed by atoms with Crippen molar-refractivity contribution in [3.05, 3.63) is 12.2 Å². The van der Waals surface area contributed by atoms with Gasteiger partial charge in [0.05, 0.1) is 0 Å². The molecule has 0 aromatic heterocycles. The quantitative estimate of drug-likeness (QED) is 0.386. The molecule has 0 saturated carbocycles. The van der Waals surface area contributed by atoms with Crippen molar-refractivity contribution in [2.75, 3.05) is 0 Å². The van der Waals surface area contributed by atoms with E-state index >= 15 is 0 Å². The number of carboxylic acid groups (broad SMARTS) is 2. The van der Waals surface area contributed by atoms with Crippen LogP contribution in [-0.4, -0.2) is 40.4 Å². The van der Waals surface area contributed by atoms with Gasteiger partial charge in [-0.15, -0.1) is 0 Å². The van der Waals surface area contributed by atoms with Crippen LogP contribution in [0.25, 0.3) is 0 Å². The van der Waals surface area contributed by atoms with Gasteiger partial charge in [0.1, 0.15) is 5.41 Å². The van der Waals surface area contributed by atoms with Crippen LogP contribution in [0.5, 0.6) is 0 Å². The average molecular weight is 350 g/mol. The van der Waals surface area contributed by atoms with Crippen molar-refractivity contribution in [2.24, 2.45) is 11.3 Å². The first kappa shape index (κ1) is 21.6. The van der Waals surface area contributed by atoms with E-state index in [0.717, 1.165) is 18.9 Å². The molecule has 0 rings (SSSR count). The van der Waals surface area contributed by atoms with Crippen molar-refractivity contribution < 1.29 is 32.8 Å². The smallest absolute Gasteiger partial charge is 0.325 e. The third kappa shape index (κ3) is 5.62. The number of rotatable bonds is 11. The highest BCUT2D eigenvalue weighted by atomic mass is 32.2. The molecule has 0 amide bonds. The second-order valence-electron chi connectivity index (χ2n) is 5.70. The van der Waals surface area contributed by atoms with Gasteiger partial charge in [-0.05, 0) is 19.3 Å². The molecule has 0 aliphatic rings. The summed E-state index contributed by atoms with van der Waals surface area (Å²) in [5, 5.41) is 16.4. The van der Waals surface area contributed by atoms with Crippen LogP contribution in [0.2, 0.25) is 0 Å². The van der Waals surface area contributed by atoms with Gasteiger partial charge < -0.3 is 10.2 Å². The van der Waals surface area contributed by atoms with Crippen LogP contribution in [0.15, 0.2) is 12.2 Å². The maximum Gasteiger partial charge on any atom is 0.325 e. The van der Waals surface area contributed by atoms with Crippen molar-refractivity contribution in [1.29, 1.82) is 0 Å². The fraction of sp³-hybridized carbons (Fsp3) is 0.733. The summed E-state index contributed by atoms with van der Waals surface area (Å²) in [5.41, 5.74) is -2.21. The van der Waals surface area contributed by atoms with Crippen LogP contribution in [-0.2, 0) is 19.7 Å². The monoisotopic (exact) mass is 350 g/mol. The molecule has 0 aliphatic carbocycles. The first-order chi connectivity index (χ1) is 10.6. The van der Waals surface area contributed by atoms with Gasteiger partial charge in [-0.25, -0.2) is 0 Å². The van der Waals surface area contributed by atoms with Crippen LogP contribution >= 0.6 is 0 Å². The van der Waals surface area contributed by atoms with Crippen LogP contribution in [0.4, 0.5) is 0 Å². The number of unbranched alkanes of at least 4 members (excludes halogenated alkanes) is 1. The van der Waals surface area contributed by atoms with Crippen LogP contribution in [0, 0.1) is 11.3 Å². The summed E-state index contributed by atoms with van der Waals surface area (Å²) < 4.78 is 32.4. The molecular formula is C15H26O7S. The molecule has 0 heterocycles. The van der Waals surface area contributed by atoms with E-state index in [1.165, 1.54) is 13.0 Å². The SMILES string of the molecule is C/C=C\C(CC(CC)CCCC)(C(=O)O)C(C(=O)O)S(=O)(=O)O. The van der Waals surface area contributed by atoms with E-state index < -0.39 is 32.7 Å². The standard InChI is InChI=1S/C15H26O7S/c1-4-7-8-11(6-3)10-15(9-5-2,14(18)19)12(13(16)17)23(20,21)22/h5,9,11-12H,4,6-8,10H2,1-3H3,(H,16,17)(H,18,19)(H,20,21,22)/b9-5-. The van der Waals surface area contributed by atoms with Gasteiger partial charge in [-0.2, -0.15) is 8.42 Å². The van der Waals surface area contributed by atoms with Crippen molar-refractivity contribution in [3.63, 3.8) is 0 Å². The molecule has 0 fully saturated rings. The lowest BCUT2D eigenvalue weighted by molar-refractivity contribution is -0.153. The Morgan fingerprint density at radius 1 is 1.22 bits per heavy atom. The van der Waals surface area contributed by atoms with E-state index in [1.807, 2.05) is 13.8 Å². The van der Waals surface area contributed by atoms with Crippen molar-refractivity contribution in [2.45, 2.75) is 58.1 Å². The topological polar surface area (TPSA) is 129 Å². The van der Waals surface area contributed by atoms with Crippen LogP contribution in [0.1, 0.15) is 52.9 Å². The molecule has 0 saturated heterocycles. The normalized spacial score (nSPS) is 17.6. The molecule has 0 bridgehead atoms. The summed E-state index contributed by atoms with van der Waals surface area (Å²) >= 11 is 0. The average Bonchev–Trinajstić information content (AvgIpc) is 2.41. The number of allylic oxidation sites excluding steroid dienone is 1. The van der Waals surface area contributed by atoms with E-state index in [2.05, 4.69) is 0 Å². The second kappa shape index (κ2) is 9.02. The Morgan fingerprint density at radius 3 is 2.09 bits per heavy atom. The summed E-state index contributed by atoms with van der Waals surface area (Å²) in [5.74, 6) is -3.61. The van der Waals surface area contributed by atoms with E-state index in [0.29, 0.717) is 12.8 Å². The molecule has 0 aliphatic heterocycles. The summed E-state index contributed by atoms with van der Waals surface area (Å²) in [6.45, 7) is 5.29. The Kier molecular flexibility index (Phi) is 8.47. The Balaban J connectivity index is 6.09. The zero-order chi connectivity index (χ0) is 18.3. The lowest BCUT2D eigenvalue weighted by atomic mass is 9.74. The third-order valence-electron chi connectivity index (χ3n) is 4.02. The molecule has 8 heteroatoms. The maximum absolute atomic E-state index is 11.8. The minimum Gasteiger partial charge on any atom is -0.481 e. The molecule has 3 atom stereocenters. The van der Waals surface area contributed by atoms with Crippen molar-refractivity contribution >= 4 is 22.1 Å². The van der Waals surface area contributed by atoms with Gasteiger partial charge in [-0.3, -0.25) is 14.1 Å². The molecule has 3 N–H and O–H groups in total. The molecular weight excluding hydrogens is 324 g/mol. The Hall–Kier alpha value is -1.41.